The molecule has 0 bridgehead atoms. The number of aryl methyl sites for hydroxylation is 2. The second kappa shape index (κ2) is 9.33. The molecule has 142 valence electrons. The van der Waals surface area contributed by atoms with Gasteiger partial charge in [-0.25, -0.2) is 0 Å². The summed E-state index contributed by atoms with van der Waals surface area (Å²) < 4.78 is 10.3. The molecule has 0 aliphatic heterocycles. The van der Waals surface area contributed by atoms with Crippen molar-refractivity contribution >= 4 is 23.3 Å². The highest BCUT2D eigenvalue weighted by molar-refractivity contribution is 5.94. The summed E-state index contributed by atoms with van der Waals surface area (Å²) >= 11 is 0. The molecule has 0 fully saturated rings. The molecule has 0 atom stereocenters. The topological polar surface area (TPSA) is 108 Å². The Morgan fingerprint density at radius 3 is 2.56 bits per heavy atom. The lowest BCUT2D eigenvalue weighted by atomic mass is 10.2. The molecule has 0 unspecified atom stereocenters. The number of carbonyl (C=O) groups is 2. The van der Waals surface area contributed by atoms with Gasteiger partial charge in [-0.05, 0) is 43.2 Å². The fourth-order valence-electron chi connectivity index (χ4n) is 2.26. The fraction of sp³-hybridized carbons (Fsp3) is 0.263. The van der Waals surface area contributed by atoms with Crippen LogP contribution in [-0.4, -0.2) is 30.0 Å². The van der Waals surface area contributed by atoms with E-state index in [1.807, 2.05) is 25.1 Å². The van der Waals surface area contributed by atoms with Crippen LogP contribution in [0.4, 0.5) is 11.4 Å². The van der Waals surface area contributed by atoms with Crippen LogP contribution in [-0.2, 0) is 14.3 Å². The Morgan fingerprint density at radius 1 is 1.11 bits per heavy atom. The van der Waals surface area contributed by atoms with Gasteiger partial charge in [-0.2, -0.15) is 0 Å². The van der Waals surface area contributed by atoms with Crippen molar-refractivity contribution < 1.29 is 24.0 Å². The third-order valence-electron chi connectivity index (χ3n) is 3.55. The van der Waals surface area contributed by atoms with Crippen LogP contribution in [0.1, 0.15) is 17.5 Å². The van der Waals surface area contributed by atoms with Crippen molar-refractivity contribution in [1.29, 1.82) is 0 Å². The van der Waals surface area contributed by atoms with Gasteiger partial charge in [-0.15, -0.1) is 0 Å². The predicted octanol–water partition coefficient (Wildman–Crippen LogP) is 3.16. The number of esters is 1. The van der Waals surface area contributed by atoms with E-state index in [9.17, 15) is 19.7 Å². The molecular formula is C19H20N2O6. The number of anilines is 1. The van der Waals surface area contributed by atoms with E-state index < -0.39 is 23.4 Å². The Kier molecular flexibility index (Phi) is 6.87. The molecule has 8 nitrogen and oxygen atoms in total. The van der Waals surface area contributed by atoms with Gasteiger partial charge in [0, 0.05) is 6.07 Å². The van der Waals surface area contributed by atoms with Crippen molar-refractivity contribution in [3.05, 3.63) is 63.7 Å². The van der Waals surface area contributed by atoms with E-state index in [-0.39, 0.29) is 24.4 Å². The van der Waals surface area contributed by atoms with Crippen LogP contribution in [0, 0.1) is 24.0 Å². The molecule has 0 heterocycles. The van der Waals surface area contributed by atoms with Crippen LogP contribution in [0.2, 0.25) is 0 Å². The quantitative estimate of drug-likeness (QED) is 0.433. The maximum atomic E-state index is 11.9. The molecule has 0 saturated heterocycles. The summed E-state index contributed by atoms with van der Waals surface area (Å²) in [7, 11) is 0. The highest BCUT2D eigenvalue weighted by Crippen LogP contribution is 2.25. The largest absolute Gasteiger partial charge is 0.493 e. The lowest BCUT2D eigenvalue weighted by Crippen LogP contribution is -2.22. The number of nitrogens with one attached hydrogen (secondary N) is 1. The van der Waals surface area contributed by atoms with E-state index in [1.165, 1.54) is 12.1 Å². The molecule has 0 aromatic heterocycles. The smallest absolute Gasteiger partial charge is 0.309 e. The van der Waals surface area contributed by atoms with Crippen molar-refractivity contribution in [3.8, 4) is 5.75 Å². The summed E-state index contributed by atoms with van der Waals surface area (Å²) in [6.45, 7) is 3.22. The molecule has 2 aromatic carbocycles. The first-order chi connectivity index (χ1) is 12.8. The SMILES string of the molecule is Cc1cccc(OCCC(=O)OCC(=O)Nc2ccc(C)cc2[N+](=O)[O-])c1. The summed E-state index contributed by atoms with van der Waals surface area (Å²) in [6.07, 6.45) is -0.0219. The second-order valence-corrected chi connectivity index (χ2v) is 5.90. The van der Waals surface area contributed by atoms with E-state index in [0.29, 0.717) is 11.3 Å². The average molecular weight is 372 g/mol. The zero-order chi connectivity index (χ0) is 19.8. The number of nitro benzene ring substituents is 1. The average Bonchev–Trinajstić information content (AvgIpc) is 2.61. The van der Waals surface area contributed by atoms with Gasteiger partial charge < -0.3 is 14.8 Å². The molecule has 0 aliphatic rings. The molecule has 0 spiro atoms. The van der Waals surface area contributed by atoms with Gasteiger partial charge in [-0.3, -0.25) is 19.7 Å². The van der Waals surface area contributed by atoms with Crippen molar-refractivity contribution in [1.82, 2.24) is 0 Å². The summed E-state index contributed by atoms with van der Waals surface area (Å²) in [5.41, 5.74) is 1.56. The van der Waals surface area contributed by atoms with Gasteiger partial charge in [0.2, 0.25) is 0 Å². The van der Waals surface area contributed by atoms with Gasteiger partial charge >= 0.3 is 5.97 Å². The van der Waals surface area contributed by atoms with E-state index in [0.717, 1.165) is 5.56 Å². The summed E-state index contributed by atoms with van der Waals surface area (Å²) in [4.78, 5) is 34.0. The Morgan fingerprint density at radius 2 is 1.85 bits per heavy atom. The number of benzene rings is 2. The highest BCUT2D eigenvalue weighted by atomic mass is 16.6. The van der Waals surface area contributed by atoms with Crippen molar-refractivity contribution in [2.24, 2.45) is 0 Å². The lowest BCUT2D eigenvalue weighted by Gasteiger charge is -2.09. The van der Waals surface area contributed by atoms with Crippen molar-refractivity contribution in [2.45, 2.75) is 20.3 Å². The van der Waals surface area contributed by atoms with E-state index in [1.54, 1.807) is 19.1 Å². The number of hydrogen-bond acceptors (Lipinski definition) is 6. The molecular weight excluding hydrogens is 352 g/mol. The predicted molar refractivity (Wildman–Crippen MR) is 98.7 cm³/mol. The third kappa shape index (κ3) is 6.43. The Bertz CT molecular complexity index is 850. The zero-order valence-corrected chi connectivity index (χ0v) is 15.1. The molecule has 0 radical (unpaired) electrons. The minimum absolute atomic E-state index is 0.0219. The number of nitrogens with zero attached hydrogens (tertiary/aromatic N) is 1. The number of rotatable bonds is 8. The van der Waals surface area contributed by atoms with E-state index in [4.69, 9.17) is 9.47 Å². The minimum atomic E-state index is -0.657. The summed E-state index contributed by atoms with van der Waals surface area (Å²) in [6, 6.07) is 11.8. The van der Waals surface area contributed by atoms with Gasteiger partial charge in [0.25, 0.3) is 11.6 Å². The maximum absolute atomic E-state index is 11.9. The normalized spacial score (nSPS) is 10.1. The number of amides is 1. The van der Waals surface area contributed by atoms with Crippen LogP contribution in [0.25, 0.3) is 0 Å². The van der Waals surface area contributed by atoms with E-state index in [2.05, 4.69) is 5.32 Å². The van der Waals surface area contributed by atoms with Crippen LogP contribution < -0.4 is 10.1 Å². The number of ether oxygens (including phenoxy) is 2. The van der Waals surface area contributed by atoms with E-state index >= 15 is 0 Å². The zero-order valence-electron chi connectivity index (χ0n) is 15.1. The molecule has 27 heavy (non-hydrogen) atoms. The standard InChI is InChI=1S/C19H20N2O6/c1-13-4-3-5-15(10-13)26-9-8-19(23)27-12-18(22)20-16-7-6-14(2)11-17(16)21(24)25/h3-7,10-11H,8-9,12H2,1-2H3,(H,20,22). The number of carbonyl (C=O) groups excluding carboxylic acids is 2. The van der Waals surface area contributed by atoms with Gasteiger partial charge in [-0.1, -0.05) is 18.2 Å². The number of hydrogen-bond donors (Lipinski definition) is 1. The maximum Gasteiger partial charge on any atom is 0.309 e. The molecule has 1 N–H and O–H groups in total. The van der Waals surface area contributed by atoms with Gasteiger partial charge in [0.1, 0.15) is 11.4 Å². The lowest BCUT2D eigenvalue weighted by molar-refractivity contribution is -0.384. The minimum Gasteiger partial charge on any atom is -0.493 e. The molecule has 2 aromatic rings. The molecule has 0 saturated carbocycles. The molecule has 1 amide bonds. The Hall–Kier alpha value is -3.42. The first-order valence-corrected chi connectivity index (χ1v) is 8.25. The Balaban J connectivity index is 1.77. The first kappa shape index (κ1) is 19.9. The van der Waals surface area contributed by atoms with Crippen LogP contribution >= 0.6 is 0 Å². The van der Waals surface area contributed by atoms with Crippen LogP contribution in [0.3, 0.4) is 0 Å². The third-order valence-corrected chi connectivity index (χ3v) is 3.55. The molecule has 2 rings (SSSR count). The van der Waals surface area contributed by atoms with Crippen LogP contribution in [0.15, 0.2) is 42.5 Å². The summed E-state index contributed by atoms with van der Waals surface area (Å²) in [5, 5.41) is 13.4. The molecule has 8 heteroatoms. The second-order valence-electron chi connectivity index (χ2n) is 5.90. The molecule has 0 aliphatic carbocycles. The van der Waals surface area contributed by atoms with Gasteiger partial charge in [0.05, 0.1) is 18.0 Å². The monoisotopic (exact) mass is 372 g/mol. The van der Waals surface area contributed by atoms with Crippen LogP contribution in [0.5, 0.6) is 5.75 Å². The fourth-order valence-corrected chi connectivity index (χ4v) is 2.26. The number of nitro groups is 1. The Labute approximate surface area is 156 Å². The first-order valence-electron chi connectivity index (χ1n) is 8.25. The highest BCUT2D eigenvalue weighted by Gasteiger charge is 2.16. The summed E-state index contributed by atoms with van der Waals surface area (Å²) in [5.74, 6) is -0.613. The van der Waals surface area contributed by atoms with Crippen molar-refractivity contribution in [3.63, 3.8) is 0 Å². The van der Waals surface area contributed by atoms with Crippen molar-refractivity contribution in [2.75, 3.05) is 18.5 Å². The van der Waals surface area contributed by atoms with Gasteiger partial charge in [0.15, 0.2) is 6.61 Å².